The SMILES string of the molecule is CCCCC(=O)Nc1c(C)cc(N)cc1Br. The van der Waals surface area contributed by atoms with Gasteiger partial charge in [0.05, 0.1) is 5.69 Å². The van der Waals surface area contributed by atoms with E-state index in [-0.39, 0.29) is 5.91 Å². The van der Waals surface area contributed by atoms with E-state index in [0.717, 1.165) is 28.6 Å². The number of amides is 1. The lowest BCUT2D eigenvalue weighted by atomic mass is 10.1. The smallest absolute Gasteiger partial charge is 0.224 e. The van der Waals surface area contributed by atoms with Crippen molar-refractivity contribution in [2.45, 2.75) is 33.1 Å². The predicted octanol–water partition coefficient (Wildman–Crippen LogP) is 3.47. The van der Waals surface area contributed by atoms with Gasteiger partial charge in [-0.05, 0) is 47.0 Å². The van der Waals surface area contributed by atoms with Gasteiger partial charge in [0.15, 0.2) is 0 Å². The summed E-state index contributed by atoms with van der Waals surface area (Å²) in [5.74, 6) is 0.0513. The van der Waals surface area contributed by atoms with Crippen LogP contribution in [-0.2, 0) is 4.79 Å². The topological polar surface area (TPSA) is 55.1 Å². The quantitative estimate of drug-likeness (QED) is 0.832. The van der Waals surface area contributed by atoms with Crippen molar-refractivity contribution < 1.29 is 4.79 Å². The second-order valence-corrected chi connectivity index (χ2v) is 4.70. The molecule has 0 saturated carbocycles. The van der Waals surface area contributed by atoms with Crippen molar-refractivity contribution in [3.8, 4) is 0 Å². The van der Waals surface area contributed by atoms with Crippen molar-refractivity contribution in [2.75, 3.05) is 11.1 Å². The number of hydrogen-bond acceptors (Lipinski definition) is 2. The first-order chi connectivity index (χ1) is 7.54. The summed E-state index contributed by atoms with van der Waals surface area (Å²) in [5, 5.41) is 2.90. The molecule has 1 aromatic carbocycles. The molecule has 0 aliphatic heterocycles. The van der Waals surface area contributed by atoms with Crippen molar-refractivity contribution >= 4 is 33.2 Å². The second-order valence-electron chi connectivity index (χ2n) is 3.85. The molecule has 0 spiro atoms. The van der Waals surface area contributed by atoms with Crippen LogP contribution in [0.3, 0.4) is 0 Å². The van der Waals surface area contributed by atoms with Gasteiger partial charge < -0.3 is 11.1 Å². The van der Waals surface area contributed by atoms with Gasteiger partial charge in [-0.1, -0.05) is 13.3 Å². The van der Waals surface area contributed by atoms with Crippen LogP contribution < -0.4 is 11.1 Å². The molecule has 0 atom stereocenters. The van der Waals surface area contributed by atoms with Gasteiger partial charge >= 0.3 is 0 Å². The van der Waals surface area contributed by atoms with Crippen LogP contribution in [0.2, 0.25) is 0 Å². The molecule has 4 heteroatoms. The zero-order valence-corrected chi connectivity index (χ0v) is 11.2. The van der Waals surface area contributed by atoms with Crippen LogP contribution >= 0.6 is 15.9 Å². The Hall–Kier alpha value is -1.03. The molecule has 88 valence electrons. The Bertz CT molecular complexity index is 368. The number of benzene rings is 1. The van der Waals surface area contributed by atoms with Crippen molar-refractivity contribution in [1.82, 2.24) is 0 Å². The number of rotatable bonds is 4. The van der Waals surface area contributed by atoms with Crippen LogP contribution in [0, 0.1) is 6.92 Å². The van der Waals surface area contributed by atoms with Gasteiger partial charge in [0.2, 0.25) is 5.91 Å². The number of hydrogen-bond donors (Lipinski definition) is 2. The average Bonchev–Trinajstić information content (AvgIpc) is 2.20. The molecular weight excluding hydrogens is 268 g/mol. The van der Waals surface area contributed by atoms with Crippen LogP contribution in [0.25, 0.3) is 0 Å². The Morgan fingerprint density at radius 3 is 2.75 bits per heavy atom. The minimum atomic E-state index is 0.0513. The normalized spacial score (nSPS) is 10.2. The Morgan fingerprint density at radius 2 is 2.19 bits per heavy atom. The molecule has 3 nitrogen and oxygen atoms in total. The number of nitrogens with one attached hydrogen (secondary N) is 1. The molecule has 0 aliphatic carbocycles. The molecule has 1 amide bonds. The van der Waals surface area contributed by atoms with E-state index in [1.807, 2.05) is 13.0 Å². The highest BCUT2D eigenvalue weighted by Crippen LogP contribution is 2.29. The highest BCUT2D eigenvalue weighted by Gasteiger charge is 2.08. The molecule has 0 radical (unpaired) electrons. The van der Waals surface area contributed by atoms with E-state index in [0.29, 0.717) is 12.1 Å². The maximum atomic E-state index is 11.6. The average molecular weight is 285 g/mol. The fraction of sp³-hybridized carbons (Fsp3) is 0.417. The standard InChI is InChI=1S/C12H17BrN2O/c1-3-4-5-11(16)15-12-8(2)6-9(14)7-10(12)13/h6-7H,3-5,14H2,1-2H3,(H,15,16). The van der Waals surface area contributed by atoms with E-state index in [1.54, 1.807) is 6.07 Å². The first-order valence-electron chi connectivity index (χ1n) is 5.40. The number of carbonyl (C=O) groups excluding carboxylic acids is 1. The number of carbonyl (C=O) groups is 1. The fourth-order valence-electron chi connectivity index (χ4n) is 1.47. The number of nitrogen functional groups attached to an aromatic ring is 1. The molecule has 3 N–H and O–H groups in total. The third-order valence-corrected chi connectivity index (χ3v) is 2.96. The zero-order valence-electron chi connectivity index (χ0n) is 9.64. The summed E-state index contributed by atoms with van der Waals surface area (Å²) in [7, 11) is 0. The lowest BCUT2D eigenvalue weighted by Crippen LogP contribution is -2.12. The molecule has 0 unspecified atom stereocenters. The van der Waals surface area contributed by atoms with Gasteiger partial charge in [0, 0.05) is 16.6 Å². The third kappa shape index (κ3) is 3.52. The van der Waals surface area contributed by atoms with E-state index >= 15 is 0 Å². The van der Waals surface area contributed by atoms with E-state index in [2.05, 4.69) is 28.2 Å². The first-order valence-corrected chi connectivity index (χ1v) is 6.19. The van der Waals surface area contributed by atoms with E-state index < -0.39 is 0 Å². The maximum absolute atomic E-state index is 11.6. The monoisotopic (exact) mass is 284 g/mol. The summed E-state index contributed by atoms with van der Waals surface area (Å²) in [5.41, 5.74) is 8.17. The molecule has 0 heterocycles. The summed E-state index contributed by atoms with van der Waals surface area (Å²) in [6, 6.07) is 3.64. The van der Waals surface area contributed by atoms with Gasteiger partial charge in [-0.3, -0.25) is 4.79 Å². The Kier molecular flexibility index (Phi) is 4.80. The van der Waals surface area contributed by atoms with Gasteiger partial charge in [-0.25, -0.2) is 0 Å². The molecule has 0 aromatic heterocycles. The van der Waals surface area contributed by atoms with Gasteiger partial charge in [-0.2, -0.15) is 0 Å². The van der Waals surface area contributed by atoms with Crippen LogP contribution in [-0.4, -0.2) is 5.91 Å². The van der Waals surface area contributed by atoms with Crippen molar-refractivity contribution in [3.63, 3.8) is 0 Å². The van der Waals surface area contributed by atoms with Crippen LogP contribution in [0.4, 0.5) is 11.4 Å². The molecule has 0 saturated heterocycles. The molecular formula is C12H17BrN2O. The highest BCUT2D eigenvalue weighted by molar-refractivity contribution is 9.10. The highest BCUT2D eigenvalue weighted by atomic mass is 79.9. The van der Waals surface area contributed by atoms with Crippen LogP contribution in [0.15, 0.2) is 16.6 Å². The van der Waals surface area contributed by atoms with Crippen molar-refractivity contribution in [3.05, 3.63) is 22.2 Å². The number of unbranched alkanes of at least 4 members (excludes halogenated alkanes) is 1. The lowest BCUT2D eigenvalue weighted by molar-refractivity contribution is -0.116. The largest absolute Gasteiger partial charge is 0.399 e. The first kappa shape index (κ1) is 13.0. The summed E-state index contributed by atoms with van der Waals surface area (Å²) in [6.45, 7) is 3.99. The number of nitrogens with two attached hydrogens (primary N) is 1. The summed E-state index contributed by atoms with van der Waals surface area (Å²) >= 11 is 3.40. The van der Waals surface area contributed by atoms with E-state index in [1.165, 1.54) is 0 Å². The molecule has 16 heavy (non-hydrogen) atoms. The molecule has 0 aliphatic rings. The molecule has 1 rings (SSSR count). The molecule has 1 aromatic rings. The number of anilines is 2. The van der Waals surface area contributed by atoms with E-state index in [9.17, 15) is 4.79 Å². The van der Waals surface area contributed by atoms with Crippen molar-refractivity contribution in [2.24, 2.45) is 0 Å². The summed E-state index contributed by atoms with van der Waals surface area (Å²) in [6.07, 6.45) is 2.50. The van der Waals surface area contributed by atoms with Crippen LogP contribution in [0.5, 0.6) is 0 Å². The maximum Gasteiger partial charge on any atom is 0.224 e. The van der Waals surface area contributed by atoms with E-state index in [4.69, 9.17) is 5.73 Å². The Balaban J connectivity index is 2.77. The van der Waals surface area contributed by atoms with Gasteiger partial charge in [-0.15, -0.1) is 0 Å². The Labute approximate surface area is 105 Å². The predicted molar refractivity (Wildman–Crippen MR) is 71.4 cm³/mol. The summed E-state index contributed by atoms with van der Waals surface area (Å²) < 4.78 is 0.829. The zero-order chi connectivity index (χ0) is 12.1. The number of aryl methyl sites for hydroxylation is 1. The number of halogens is 1. The fourth-order valence-corrected chi connectivity index (χ4v) is 2.14. The Morgan fingerprint density at radius 1 is 1.50 bits per heavy atom. The lowest BCUT2D eigenvalue weighted by Gasteiger charge is -2.11. The van der Waals surface area contributed by atoms with Crippen LogP contribution in [0.1, 0.15) is 31.7 Å². The minimum Gasteiger partial charge on any atom is -0.399 e. The third-order valence-electron chi connectivity index (χ3n) is 2.33. The second kappa shape index (κ2) is 5.89. The molecule has 0 bridgehead atoms. The van der Waals surface area contributed by atoms with Gasteiger partial charge in [0.25, 0.3) is 0 Å². The van der Waals surface area contributed by atoms with Crippen molar-refractivity contribution in [1.29, 1.82) is 0 Å². The molecule has 0 fully saturated rings. The summed E-state index contributed by atoms with van der Waals surface area (Å²) in [4.78, 5) is 11.6. The minimum absolute atomic E-state index is 0.0513. The van der Waals surface area contributed by atoms with Gasteiger partial charge in [0.1, 0.15) is 0 Å².